The molecule has 96 valence electrons. The molecule has 2 atom stereocenters. The molecule has 2 rings (SSSR count). The Morgan fingerprint density at radius 3 is 3.00 bits per heavy atom. The van der Waals surface area contributed by atoms with Crippen LogP contribution in [0.5, 0.6) is 0 Å². The van der Waals surface area contributed by atoms with E-state index in [1.165, 1.54) is 6.07 Å². The topological polar surface area (TPSA) is 62.3 Å². The summed E-state index contributed by atoms with van der Waals surface area (Å²) in [5.41, 5.74) is 6.34. The summed E-state index contributed by atoms with van der Waals surface area (Å²) >= 11 is 0. The van der Waals surface area contributed by atoms with Crippen molar-refractivity contribution in [3.05, 3.63) is 35.6 Å². The first-order chi connectivity index (χ1) is 8.76. The highest BCUT2D eigenvalue weighted by molar-refractivity contribution is 5.22. The minimum atomic E-state index is -0.459. The fraction of sp³-hybridized carbons (Fsp3) is 0.462. The Morgan fingerprint density at radius 1 is 1.56 bits per heavy atom. The molecule has 1 aromatic rings. The van der Waals surface area contributed by atoms with E-state index in [0.717, 1.165) is 0 Å². The van der Waals surface area contributed by atoms with Gasteiger partial charge in [0, 0.05) is 25.2 Å². The van der Waals surface area contributed by atoms with Gasteiger partial charge in [-0.15, -0.1) is 0 Å². The van der Waals surface area contributed by atoms with Gasteiger partial charge >= 0.3 is 0 Å². The lowest BCUT2D eigenvalue weighted by Crippen LogP contribution is -2.45. The molecule has 1 aliphatic heterocycles. The van der Waals surface area contributed by atoms with Gasteiger partial charge in [-0.05, 0) is 6.07 Å². The molecule has 4 nitrogen and oxygen atoms in total. The van der Waals surface area contributed by atoms with Crippen molar-refractivity contribution in [1.82, 2.24) is 4.90 Å². The Kier molecular flexibility index (Phi) is 4.26. The summed E-state index contributed by atoms with van der Waals surface area (Å²) in [6.45, 7) is 1.92. The lowest BCUT2D eigenvalue weighted by molar-refractivity contribution is -0.0166. The molecule has 1 fully saturated rings. The molecule has 2 N–H and O–H groups in total. The first kappa shape index (κ1) is 13.0. The van der Waals surface area contributed by atoms with Gasteiger partial charge in [-0.25, -0.2) is 4.39 Å². The number of nitrogens with zero attached hydrogens (tertiary/aromatic N) is 2. The molecule has 2 unspecified atom stereocenters. The van der Waals surface area contributed by atoms with Crippen LogP contribution >= 0.6 is 0 Å². The minimum Gasteiger partial charge on any atom is -0.361 e. The fourth-order valence-corrected chi connectivity index (χ4v) is 2.25. The number of benzene rings is 1. The summed E-state index contributed by atoms with van der Waals surface area (Å²) in [5, 5.41) is 8.88. The number of ether oxygens (including phenoxy) is 1. The third-order valence-electron chi connectivity index (χ3n) is 3.17. The summed E-state index contributed by atoms with van der Waals surface area (Å²) in [6, 6.07) is 8.50. The van der Waals surface area contributed by atoms with E-state index in [1.807, 2.05) is 4.90 Å². The second-order valence-electron chi connectivity index (χ2n) is 4.26. The van der Waals surface area contributed by atoms with Crippen molar-refractivity contribution in [3.63, 3.8) is 0 Å². The Labute approximate surface area is 106 Å². The molecule has 1 aromatic carbocycles. The van der Waals surface area contributed by atoms with Gasteiger partial charge in [0.1, 0.15) is 5.82 Å². The maximum Gasteiger partial charge on any atom is 0.156 e. The van der Waals surface area contributed by atoms with Gasteiger partial charge in [0.15, 0.2) is 6.10 Å². The molecule has 0 amide bonds. The zero-order valence-corrected chi connectivity index (χ0v) is 10.1. The van der Waals surface area contributed by atoms with Gasteiger partial charge in [0.2, 0.25) is 0 Å². The second-order valence-corrected chi connectivity index (χ2v) is 4.26. The minimum absolute atomic E-state index is 0.203. The van der Waals surface area contributed by atoms with Crippen LogP contribution in [0.3, 0.4) is 0 Å². The zero-order valence-electron chi connectivity index (χ0n) is 10.1. The third-order valence-corrected chi connectivity index (χ3v) is 3.17. The highest BCUT2D eigenvalue weighted by atomic mass is 19.1. The van der Waals surface area contributed by atoms with Gasteiger partial charge in [0.25, 0.3) is 0 Å². The van der Waals surface area contributed by atoms with Crippen LogP contribution in [0.15, 0.2) is 24.3 Å². The van der Waals surface area contributed by atoms with E-state index in [2.05, 4.69) is 6.07 Å². The molecule has 1 aliphatic rings. The van der Waals surface area contributed by atoms with Crippen molar-refractivity contribution >= 4 is 0 Å². The fourth-order valence-electron chi connectivity index (χ4n) is 2.25. The summed E-state index contributed by atoms with van der Waals surface area (Å²) in [7, 11) is 0. The molecule has 18 heavy (non-hydrogen) atoms. The molecule has 0 aliphatic carbocycles. The summed E-state index contributed by atoms with van der Waals surface area (Å²) in [5.74, 6) is -0.257. The van der Waals surface area contributed by atoms with E-state index in [9.17, 15) is 4.39 Å². The standard InChI is InChI=1S/C13H16FN3O/c14-12-4-2-1-3-11(12)13(8-16)17-5-6-18-10(7-15)9-17/h1-4,10,13H,5-6,8-9,16H2. The van der Waals surface area contributed by atoms with Crippen molar-refractivity contribution in [2.45, 2.75) is 12.1 Å². The molecule has 1 saturated heterocycles. The second kappa shape index (κ2) is 5.91. The number of halogens is 1. The molecule has 0 radical (unpaired) electrons. The number of rotatable bonds is 3. The van der Waals surface area contributed by atoms with E-state index in [1.54, 1.807) is 18.2 Å². The highest BCUT2D eigenvalue weighted by Gasteiger charge is 2.27. The lowest BCUT2D eigenvalue weighted by Gasteiger charge is -2.36. The van der Waals surface area contributed by atoms with E-state index in [4.69, 9.17) is 15.7 Å². The van der Waals surface area contributed by atoms with Crippen LogP contribution in [-0.4, -0.2) is 37.2 Å². The molecule has 0 aromatic heterocycles. The normalized spacial score (nSPS) is 22.4. The molecule has 1 heterocycles. The maximum absolute atomic E-state index is 13.8. The number of hydrogen-bond donors (Lipinski definition) is 1. The average molecular weight is 249 g/mol. The van der Waals surface area contributed by atoms with Gasteiger partial charge < -0.3 is 10.5 Å². The number of hydrogen-bond acceptors (Lipinski definition) is 4. The Balaban J connectivity index is 2.19. The van der Waals surface area contributed by atoms with Gasteiger partial charge in [-0.3, -0.25) is 4.90 Å². The van der Waals surface area contributed by atoms with E-state index < -0.39 is 6.10 Å². The van der Waals surface area contributed by atoms with Crippen LogP contribution in [0.2, 0.25) is 0 Å². The summed E-state index contributed by atoms with van der Waals surface area (Å²) in [4.78, 5) is 2.01. The largest absolute Gasteiger partial charge is 0.361 e. The Hall–Kier alpha value is -1.48. The van der Waals surface area contributed by atoms with Gasteiger partial charge in [-0.1, -0.05) is 18.2 Å². The van der Waals surface area contributed by atoms with Crippen LogP contribution < -0.4 is 5.73 Å². The first-order valence-corrected chi connectivity index (χ1v) is 5.96. The smallest absolute Gasteiger partial charge is 0.156 e. The van der Waals surface area contributed by atoms with E-state index in [-0.39, 0.29) is 11.9 Å². The molecule has 0 saturated carbocycles. The molecule has 0 spiro atoms. The predicted molar refractivity (Wildman–Crippen MR) is 65.1 cm³/mol. The number of nitriles is 1. The van der Waals surface area contributed by atoms with Crippen molar-refractivity contribution in [1.29, 1.82) is 5.26 Å². The molecular formula is C13H16FN3O. The molecular weight excluding hydrogens is 233 g/mol. The van der Waals surface area contributed by atoms with E-state index >= 15 is 0 Å². The summed E-state index contributed by atoms with van der Waals surface area (Å²) < 4.78 is 19.1. The van der Waals surface area contributed by atoms with Gasteiger partial charge in [-0.2, -0.15) is 5.26 Å². The monoisotopic (exact) mass is 249 g/mol. The highest BCUT2D eigenvalue weighted by Crippen LogP contribution is 2.24. The number of morpholine rings is 1. The quantitative estimate of drug-likeness (QED) is 0.869. The van der Waals surface area contributed by atoms with Crippen molar-refractivity contribution in [3.8, 4) is 6.07 Å². The SMILES string of the molecule is N#CC1CN(C(CN)c2ccccc2F)CCO1. The van der Waals surface area contributed by atoms with Crippen LogP contribution in [0.25, 0.3) is 0 Å². The Morgan fingerprint density at radius 2 is 2.33 bits per heavy atom. The molecule has 0 bridgehead atoms. The lowest BCUT2D eigenvalue weighted by atomic mass is 10.0. The maximum atomic E-state index is 13.8. The van der Waals surface area contributed by atoms with Crippen molar-refractivity contribution < 1.29 is 9.13 Å². The first-order valence-electron chi connectivity index (χ1n) is 5.96. The van der Waals surface area contributed by atoms with Crippen molar-refractivity contribution in [2.75, 3.05) is 26.2 Å². The van der Waals surface area contributed by atoms with E-state index in [0.29, 0.717) is 31.8 Å². The van der Waals surface area contributed by atoms with Crippen LogP contribution in [-0.2, 0) is 4.74 Å². The van der Waals surface area contributed by atoms with Crippen LogP contribution in [0.1, 0.15) is 11.6 Å². The van der Waals surface area contributed by atoms with Crippen molar-refractivity contribution in [2.24, 2.45) is 5.73 Å². The van der Waals surface area contributed by atoms with Gasteiger partial charge in [0.05, 0.1) is 18.7 Å². The van der Waals surface area contributed by atoms with Crippen LogP contribution in [0.4, 0.5) is 4.39 Å². The zero-order chi connectivity index (χ0) is 13.0. The number of nitrogens with two attached hydrogens (primary N) is 1. The predicted octanol–water partition coefficient (Wildman–Crippen LogP) is 1.05. The van der Waals surface area contributed by atoms with Crippen LogP contribution in [0, 0.1) is 17.1 Å². The average Bonchev–Trinajstić information content (AvgIpc) is 2.42. The summed E-state index contributed by atoms with van der Waals surface area (Å²) in [6.07, 6.45) is -0.459. The third kappa shape index (κ3) is 2.67. The Bertz CT molecular complexity index is 446. The molecule has 5 heteroatoms.